The van der Waals surface area contributed by atoms with Crippen LogP contribution < -0.4 is 10.1 Å². The van der Waals surface area contributed by atoms with E-state index >= 15 is 0 Å². The highest BCUT2D eigenvalue weighted by atomic mass is 16.5. The molecule has 0 spiro atoms. The number of hydrogen-bond acceptors (Lipinski definition) is 3. The van der Waals surface area contributed by atoms with Crippen LogP contribution >= 0.6 is 0 Å². The Morgan fingerprint density at radius 1 is 1.24 bits per heavy atom. The molecule has 0 saturated heterocycles. The largest absolute Gasteiger partial charge is 0.497 e. The van der Waals surface area contributed by atoms with Crippen LogP contribution in [-0.2, 0) is 6.42 Å². The van der Waals surface area contributed by atoms with Crippen molar-refractivity contribution < 1.29 is 4.74 Å². The number of aromatic nitrogens is 1. The maximum absolute atomic E-state index is 5.36. The Labute approximate surface area is 127 Å². The molecule has 0 aliphatic carbocycles. The second-order valence-corrected chi connectivity index (χ2v) is 5.09. The molecular formula is C18H24N2O. The van der Waals surface area contributed by atoms with Gasteiger partial charge < -0.3 is 10.1 Å². The lowest BCUT2D eigenvalue weighted by molar-refractivity contribution is 0.413. The van der Waals surface area contributed by atoms with E-state index in [1.807, 2.05) is 24.5 Å². The molecule has 2 rings (SSSR count). The van der Waals surface area contributed by atoms with Crippen LogP contribution in [0.5, 0.6) is 5.75 Å². The first-order chi connectivity index (χ1) is 10.3. The van der Waals surface area contributed by atoms with Gasteiger partial charge in [-0.3, -0.25) is 4.98 Å². The molecule has 112 valence electrons. The number of hydrogen-bond donors (Lipinski definition) is 1. The second kappa shape index (κ2) is 7.79. The van der Waals surface area contributed by atoms with Crippen LogP contribution in [0.2, 0.25) is 0 Å². The first-order valence-corrected chi connectivity index (χ1v) is 7.60. The van der Waals surface area contributed by atoms with Gasteiger partial charge in [0, 0.05) is 12.4 Å². The van der Waals surface area contributed by atoms with E-state index in [2.05, 4.69) is 42.3 Å². The maximum Gasteiger partial charge on any atom is 0.119 e. The molecule has 0 bridgehead atoms. The van der Waals surface area contributed by atoms with Crippen LogP contribution in [0.15, 0.2) is 42.7 Å². The quantitative estimate of drug-likeness (QED) is 0.841. The molecule has 1 heterocycles. The maximum atomic E-state index is 5.36. The standard InChI is InChI=1S/C18H24N2O/c1-4-10-20-18(15-7-6-8-16(12-15)21-3)17-9-11-19-13-14(17)5-2/h6-9,11-13,18,20H,4-5,10H2,1-3H3. The van der Waals surface area contributed by atoms with E-state index in [1.165, 1.54) is 16.7 Å². The van der Waals surface area contributed by atoms with Gasteiger partial charge in [0.2, 0.25) is 0 Å². The van der Waals surface area contributed by atoms with Crippen LogP contribution in [0.25, 0.3) is 0 Å². The Morgan fingerprint density at radius 3 is 2.81 bits per heavy atom. The van der Waals surface area contributed by atoms with E-state index in [9.17, 15) is 0 Å². The second-order valence-electron chi connectivity index (χ2n) is 5.09. The van der Waals surface area contributed by atoms with E-state index in [0.717, 1.165) is 25.1 Å². The highest BCUT2D eigenvalue weighted by Crippen LogP contribution is 2.27. The van der Waals surface area contributed by atoms with Crippen molar-refractivity contribution in [3.63, 3.8) is 0 Å². The smallest absolute Gasteiger partial charge is 0.119 e. The normalized spacial score (nSPS) is 12.1. The lowest BCUT2D eigenvalue weighted by Gasteiger charge is -2.22. The molecule has 3 heteroatoms. The fourth-order valence-electron chi connectivity index (χ4n) is 2.53. The van der Waals surface area contributed by atoms with Crippen molar-refractivity contribution >= 4 is 0 Å². The van der Waals surface area contributed by atoms with Gasteiger partial charge in [-0.2, -0.15) is 0 Å². The Balaban J connectivity index is 2.41. The van der Waals surface area contributed by atoms with Gasteiger partial charge in [-0.1, -0.05) is 26.0 Å². The zero-order valence-electron chi connectivity index (χ0n) is 13.1. The first kappa shape index (κ1) is 15.5. The summed E-state index contributed by atoms with van der Waals surface area (Å²) >= 11 is 0. The van der Waals surface area contributed by atoms with Crippen molar-refractivity contribution in [2.75, 3.05) is 13.7 Å². The molecule has 1 N–H and O–H groups in total. The molecule has 0 amide bonds. The number of ether oxygens (including phenoxy) is 1. The minimum Gasteiger partial charge on any atom is -0.497 e. The molecular weight excluding hydrogens is 260 g/mol. The van der Waals surface area contributed by atoms with Crippen LogP contribution in [0, 0.1) is 0 Å². The van der Waals surface area contributed by atoms with E-state index in [-0.39, 0.29) is 6.04 Å². The Hall–Kier alpha value is -1.87. The Kier molecular flexibility index (Phi) is 5.76. The summed E-state index contributed by atoms with van der Waals surface area (Å²) in [4.78, 5) is 4.25. The predicted molar refractivity (Wildman–Crippen MR) is 86.7 cm³/mol. The fraction of sp³-hybridized carbons (Fsp3) is 0.389. The first-order valence-electron chi connectivity index (χ1n) is 7.60. The lowest BCUT2D eigenvalue weighted by atomic mass is 9.94. The molecule has 1 aromatic heterocycles. The number of pyridine rings is 1. The summed E-state index contributed by atoms with van der Waals surface area (Å²) in [6, 6.07) is 10.6. The molecule has 1 unspecified atom stereocenters. The van der Waals surface area contributed by atoms with Gasteiger partial charge in [0.25, 0.3) is 0 Å². The molecule has 1 atom stereocenters. The molecule has 0 saturated carbocycles. The van der Waals surface area contributed by atoms with Gasteiger partial charge in [-0.25, -0.2) is 0 Å². The van der Waals surface area contributed by atoms with Crippen molar-refractivity contribution in [3.8, 4) is 5.75 Å². The summed E-state index contributed by atoms with van der Waals surface area (Å²) < 4.78 is 5.36. The summed E-state index contributed by atoms with van der Waals surface area (Å²) in [5.41, 5.74) is 3.81. The van der Waals surface area contributed by atoms with Crippen LogP contribution in [-0.4, -0.2) is 18.6 Å². The number of nitrogens with zero attached hydrogens (tertiary/aromatic N) is 1. The molecule has 21 heavy (non-hydrogen) atoms. The predicted octanol–water partition coefficient (Wildman–Crippen LogP) is 3.74. The van der Waals surface area contributed by atoms with Crippen molar-refractivity contribution in [1.29, 1.82) is 0 Å². The Morgan fingerprint density at radius 2 is 2.10 bits per heavy atom. The monoisotopic (exact) mass is 284 g/mol. The van der Waals surface area contributed by atoms with Crippen LogP contribution in [0.4, 0.5) is 0 Å². The summed E-state index contributed by atoms with van der Waals surface area (Å²) in [6.45, 7) is 5.33. The van der Waals surface area contributed by atoms with Gasteiger partial charge in [0.05, 0.1) is 13.2 Å². The van der Waals surface area contributed by atoms with Crippen LogP contribution in [0.3, 0.4) is 0 Å². The average Bonchev–Trinajstić information content (AvgIpc) is 2.56. The molecule has 0 aliphatic heterocycles. The van der Waals surface area contributed by atoms with E-state index < -0.39 is 0 Å². The average molecular weight is 284 g/mol. The van der Waals surface area contributed by atoms with Crippen molar-refractivity contribution in [3.05, 3.63) is 59.4 Å². The third kappa shape index (κ3) is 3.82. The zero-order chi connectivity index (χ0) is 15.1. The molecule has 0 radical (unpaired) electrons. The number of nitrogens with one attached hydrogen (secondary N) is 1. The van der Waals surface area contributed by atoms with E-state index in [1.54, 1.807) is 7.11 Å². The summed E-state index contributed by atoms with van der Waals surface area (Å²) in [5, 5.41) is 3.64. The molecule has 0 fully saturated rings. The molecule has 1 aromatic carbocycles. The highest BCUT2D eigenvalue weighted by Gasteiger charge is 2.16. The Bertz CT molecular complexity index is 569. The summed E-state index contributed by atoms with van der Waals surface area (Å²) in [7, 11) is 1.71. The lowest BCUT2D eigenvalue weighted by Crippen LogP contribution is -2.24. The van der Waals surface area contributed by atoms with Gasteiger partial charge in [0.15, 0.2) is 0 Å². The van der Waals surface area contributed by atoms with Gasteiger partial charge in [-0.05, 0) is 54.3 Å². The minimum atomic E-state index is 0.179. The van der Waals surface area contributed by atoms with Crippen molar-refractivity contribution in [1.82, 2.24) is 10.3 Å². The van der Waals surface area contributed by atoms with E-state index in [4.69, 9.17) is 4.74 Å². The summed E-state index contributed by atoms with van der Waals surface area (Å²) in [5.74, 6) is 0.892. The summed E-state index contributed by atoms with van der Waals surface area (Å²) in [6.07, 6.45) is 5.93. The highest BCUT2D eigenvalue weighted by molar-refractivity contribution is 5.39. The number of rotatable bonds is 7. The third-order valence-corrected chi connectivity index (χ3v) is 3.66. The van der Waals surface area contributed by atoms with Gasteiger partial charge in [-0.15, -0.1) is 0 Å². The topological polar surface area (TPSA) is 34.1 Å². The van der Waals surface area contributed by atoms with Crippen LogP contribution in [0.1, 0.15) is 43.0 Å². The number of aryl methyl sites for hydroxylation is 1. The molecule has 0 aliphatic rings. The van der Waals surface area contributed by atoms with Gasteiger partial charge >= 0.3 is 0 Å². The number of benzene rings is 1. The number of methoxy groups -OCH3 is 1. The zero-order valence-corrected chi connectivity index (χ0v) is 13.1. The third-order valence-electron chi connectivity index (χ3n) is 3.66. The fourth-order valence-corrected chi connectivity index (χ4v) is 2.53. The molecule has 3 nitrogen and oxygen atoms in total. The van der Waals surface area contributed by atoms with E-state index in [0.29, 0.717) is 0 Å². The minimum absolute atomic E-state index is 0.179. The molecule has 2 aromatic rings. The van der Waals surface area contributed by atoms with Gasteiger partial charge in [0.1, 0.15) is 5.75 Å². The SMILES string of the molecule is CCCNC(c1cccc(OC)c1)c1ccncc1CC. The van der Waals surface area contributed by atoms with Crippen molar-refractivity contribution in [2.45, 2.75) is 32.7 Å². The van der Waals surface area contributed by atoms with Crippen molar-refractivity contribution in [2.24, 2.45) is 0 Å².